The zero-order chi connectivity index (χ0) is 17.4. The van der Waals surface area contributed by atoms with E-state index in [9.17, 15) is 10.1 Å². The first-order valence-electron chi connectivity index (χ1n) is 8.36. The maximum absolute atomic E-state index is 11.1. The number of non-ortho nitro benzene ring substituents is 1. The molecule has 1 aliphatic carbocycles. The van der Waals surface area contributed by atoms with Gasteiger partial charge in [-0.05, 0) is 49.5 Å². The molecule has 0 fully saturated rings. The zero-order valence-corrected chi connectivity index (χ0v) is 13.7. The van der Waals surface area contributed by atoms with Crippen LogP contribution in [0.4, 0.5) is 11.4 Å². The Morgan fingerprint density at radius 3 is 2.92 bits per heavy atom. The number of nitro groups is 1. The number of furan rings is 1. The van der Waals surface area contributed by atoms with Gasteiger partial charge in [0.05, 0.1) is 22.9 Å². The van der Waals surface area contributed by atoms with Crippen molar-refractivity contribution < 1.29 is 14.2 Å². The van der Waals surface area contributed by atoms with Crippen LogP contribution in [-0.4, -0.2) is 4.92 Å². The van der Waals surface area contributed by atoms with Crippen LogP contribution < -0.4 is 10.8 Å². The number of hydroxylamine groups is 1. The van der Waals surface area contributed by atoms with E-state index in [1.54, 1.807) is 23.5 Å². The van der Waals surface area contributed by atoms with E-state index in [4.69, 9.17) is 15.0 Å². The largest absolute Gasteiger partial charge is 0.467 e. The van der Waals surface area contributed by atoms with Gasteiger partial charge in [0.2, 0.25) is 0 Å². The summed E-state index contributed by atoms with van der Waals surface area (Å²) in [6, 6.07) is 8.10. The Bertz CT molecular complexity index is 829. The van der Waals surface area contributed by atoms with Gasteiger partial charge in [-0.1, -0.05) is 0 Å². The second-order valence-electron chi connectivity index (χ2n) is 6.30. The summed E-state index contributed by atoms with van der Waals surface area (Å²) in [5.41, 5.74) is 10.2. The second kappa shape index (κ2) is 6.34. The minimum Gasteiger partial charge on any atom is -0.467 e. The third kappa shape index (κ3) is 2.81. The Morgan fingerprint density at radius 2 is 2.16 bits per heavy atom. The van der Waals surface area contributed by atoms with E-state index in [0.29, 0.717) is 0 Å². The number of hydrogen-bond donors (Lipinski definition) is 1. The minimum absolute atomic E-state index is 0.0417. The molecule has 1 aromatic heterocycles. The second-order valence-corrected chi connectivity index (χ2v) is 6.30. The highest BCUT2D eigenvalue weighted by atomic mass is 16.7. The molecule has 0 spiro atoms. The Kier molecular flexibility index (Phi) is 4.03. The maximum atomic E-state index is 11.1. The Labute approximate surface area is 144 Å². The third-order valence-electron chi connectivity index (χ3n) is 4.79. The van der Waals surface area contributed by atoms with Gasteiger partial charge >= 0.3 is 0 Å². The molecular weight excluding hydrogens is 322 g/mol. The molecule has 2 aliphatic rings. The number of hydrogen-bond acceptors (Lipinski definition) is 6. The van der Waals surface area contributed by atoms with Crippen LogP contribution in [0.1, 0.15) is 43.0 Å². The lowest BCUT2D eigenvalue weighted by Crippen LogP contribution is -2.34. The van der Waals surface area contributed by atoms with Crippen LogP contribution in [0.15, 0.2) is 52.3 Å². The van der Waals surface area contributed by atoms with Crippen molar-refractivity contribution >= 4 is 11.4 Å². The fourth-order valence-electron chi connectivity index (χ4n) is 3.57. The van der Waals surface area contributed by atoms with Crippen molar-refractivity contribution in [2.24, 2.45) is 5.73 Å². The zero-order valence-electron chi connectivity index (χ0n) is 13.7. The van der Waals surface area contributed by atoms with Gasteiger partial charge in [0.15, 0.2) is 0 Å². The van der Waals surface area contributed by atoms with Gasteiger partial charge in [-0.25, -0.2) is 5.06 Å². The van der Waals surface area contributed by atoms with E-state index in [0.717, 1.165) is 54.0 Å². The summed E-state index contributed by atoms with van der Waals surface area (Å²) in [5.74, 6) is 0.719. The maximum Gasteiger partial charge on any atom is 0.269 e. The van der Waals surface area contributed by atoms with Crippen LogP contribution in [0.2, 0.25) is 0 Å². The van der Waals surface area contributed by atoms with Gasteiger partial charge in [0.25, 0.3) is 5.69 Å². The molecule has 4 rings (SSSR count). The normalized spacial score (nSPS) is 19.6. The highest BCUT2D eigenvalue weighted by Gasteiger charge is 2.34. The standard InChI is InChI=1S/C18H19N3O4/c19-18-14-5-1-2-6-16(14)20(25-11-13-4-3-9-24-13)17-8-7-12(21(22)23)10-15(17)18/h3-4,7-10,18H,1-2,5-6,11,19H2. The van der Waals surface area contributed by atoms with Crippen molar-refractivity contribution in [2.75, 3.05) is 5.06 Å². The molecule has 25 heavy (non-hydrogen) atoms. The molecule has 0 bridgehead atoms. The first-order chi connectivity index (χ1) is 12.1. The molecule has 0 saturated carbocycles. The quantitative estimate of drug-likeness (QED) is 0.668. The van der Waals surface area contributed by atoms with E-state index >= 15 is 0 Å². The number of nitro benzene ring substituents is 1. The first-order valence-corrected chi connectivity index (χ1v) is 8.36. The smallest absolute Gasteiger partial charge is 0.269 e. The summed E-state index contributed by atoms with van der Waals surface area (Å²) in [4.78, 5) is 16.8. The number of fused-ring (bicyclic) bond motifs is 1. The highest BCUT2D eigenvalue weighted by Crippen LogP contribution is 2.45. The Morgan fingerprint density at radius 1 is 1.32 bits per heavy atom. The van der Waals surface area contributed by atoms with Crippen LogP contribution >= 0.6 is 0 Å². The summed E-state index contributed by atoms with van der Waals surface area (Å²) in [7, 11) is 0. The fourth-order valence-corrected chi connectivity index (χ4v) is 3.57. The monoisotopic (exact) mass is 341 g/mol. The SMILES string of the molecule is NC1C2=C(CCCC2)N(OCc2ccco2)c2ccc([N+](=O)[O-])cc21. The lowest BCUT2D eigenvalue weighted by atomic mass is 9.84. The van der Waals surface area contributed by atoms with Gasteiger partial charge in [-0.3, -0.25) is 15.0 Å². The Balaban J connectivity index is 1.74. The van der Waals surface area contributed by atoms with E-state index < -0.39 is 4.92 Å². The molecule has 7 heteroatoms. The van der Waals surface area contributed by atoms with Crippen LogP contribution in [0, 0.1) is 10.1 Å². The number of anilines is 1. The number of nitrogens with zero attached hydrogens (tertiary/aromatic N) is 2. The predicted octanol–water partition coefficient (Wildman–Crippen LogP) is 3.97. The van der Waals surface area contributed by atoms with Gasteiger partial charge in [-0.15, -0.1) is 0 Å². The van der Waals surface area contributed by atoms with Gasteiger partial charge in [-0.2, -0.15) is 0 Å². The summed E-state index contributed by atoms with van der Waals surface area (Å²) >= 11 is 0. The average molecular weight is 341 g/mol. The summed E-state index contributed by atoms with van der Waals surface area (Å²) in [6.45, 7) is 0.287. The molecule has 1 atom stereocenters. The molecule has 1 aromatic carbocycles. The molecule has 130 valence electrons. The molecule has 1 aliphatic heterocycles. The van der Waals surface area contributed by atoms with Crippen LogP contribution in [-0.2, 0) is 11.4 Å². The third-order valence-corrected chi connectivity index (χ3v) is 4.79. The van der Waals surface area contributed by atoms with E-state index in [2.05, 4.69) is 0 Å². The lowest BCUT2D eigenvalue weighted by molar-refractivity contribution is -0.384. The van der Waals surface area contributed by atoms with Crippen LogP contribution in [0.5, 0.6) is 0 Å². The van der Waals surface area contributed by atoms with Gasteiger partial charge < -0.3 is 10.2 Å². The Hall–Kier alpha value is -2.64. The number of rotatable bonds is 4. The van der Waals surface area contributed by atoms with Gasteiger partial charge in [0.1, 0.15) is 12.4 Å². The molecule has 2 heterocycles. The van der Waals surface area contributed by atoms with E-state index in [-0.39, 0.29) is 18.3 Å². The van der Waals surface area contributed by atoms with Crippen molar-refractivity contribution in [3.05, 3.63) is 69.3 Å². The van der Waals surface area contributed by atoms with Crippen LogP contribution in [0.3, 0.4) is 0 Å². The summed E-state index contributed by atoms with van der Waals surface area (Å²) in [6.07, 6.45) is 5.53. The van der Waals surface area contributed by atoms with Crippen molar-refractivity contribution in [3.8, 4) is 0 Å². The highest BCUT2D eigenvalue weighted by molar-refractivity contribution is 5.66. The summed E-state index contributed by atoms with van der Waals surface area (Å²) < 4.78 is 5.34. The topological polar surface area (TPSA) is 94.8 Å². The molecule has 0 saturated heterocycles. The van der Waals surface area contributed by atoms with Crippen molar-refractivity contribution in [2.45, 2.75) is 38.3 Å². The number of nitrogens with two attached hydrogens (primary N) is 1. The van der Waals surface area contributed by atoms with Crippen molar-refractivity contribution in [1.29, 1.82) is 0 Å². The number of benzene rings is 1. The van der Waals surface area contributed by atoms with Gasteiger partial charge in [0, 0.05) is 23.4 Å². The summed E-state index contributed by atoms with van der Waals surface area (Å²) in [5, 5.41) is 12.9. The van der Waals surface area contributed by atoms with E-state index in [1.807, 2.05) is 12.1 Å². The van der Waals surface area contributed by atoms with Crippen molar-refractivity contribution in [3.63, 3.8) is 0 Å². The number of allylic oxidation sites excluding steroid dienone is 1. The fraction of sp³-hybridized carbons (Fsp3) is 0.333. The van der Waals surface area contributed by atoms with Crippen molar-refractivity contribution in [1.82, 2.24) is 0 Å². The lowest BCUT2D eigenvalue weighted by Gasteiger charge is -2.39. The minimum atomic E-state index is -0.397. The predicted molar refractivity (Wildman–Crippen MR) is 91.5 cm³/mol. The molecular formula is C18H19N3O4. The average Bonchev–Trinajstić information content (AvgIpc) is 3.15. The molecule has 2 aromatic rings. The van der Waals surface area contributed by atoms with Crippen LogP contribution in [0.25, 0.3) is 0 Å². The first kappa shape index (κ1) is 15.9. The molecule has 0 radical (unpaired) electrons. The molecule has 2 N–H and O–H groups in total. The molecule has 1 unspecified atom stereocenters. The molecule has 0 amide bonds. The molecule has 7 nitrogen and oxygen atoms in total. The van der Waals surface area contributed by atoms with E-state index in [1.165, 1.54) is 6.07 Å².